The maximum absolute atomic E-state index is 11.5. The predicted molar refractivity (Wildman–Crippen MR) is 88.2 cm³/mol. The summed E-state index contributed by atoms with van der Waals surface area (Å²) in [5, 5.41) is 0. The van der Waals surface area contributed by atoms with Crippen LogP contribution in [0, 0.1) is 2.88 Å². The molecule has 0 amide bonds. The summed E-state index contributed by atoms with van der Waals surface area (Å²) in [6, 6.07) is 2.11. The molecule has 0 unspecified atom stereocenters. The van der Waals surface area contributed by atoms with Crippen molar-refractivity contribution >= 4 is 55.8 Å². The quantitative estimate of drug-likeness (QED) is 0.314. The Labute approximate surface area is 135 Å². The third kappa shape index (κ3) is 6.52. The number of hydrogen-bond donors (Lipinski definition) is 0. The van der Waals surface area contributed by atoms with Gasteiger partial charge < -0.3 is 4.74 Å². The molecule has 102 valence electrons. The molecular weight excluding hydrogens is 427 g/mol. The Hall–Kier alpha value is 0.380. The summed E-state index contributed by atoms with van der Waals surface area (Å²) < 4.78 is 7.57. The van der Waals surface area contributed by atoms with Crippen molar-refractivity contribution in [2.24, 2.45) is 0 Å². The lowest BCUT2D eigenvalue weighted by atomic mass is 10.2. The molecule has 2 nitrogen and oxygen atoms in total. The lowest BCUT2D eigenvalue weighted by Crippen LogP contribution is -2.07. The SMILES string of the molecule is CCCCCCOC(=O)CCc1cc(I)sc1Br. The Kier molecular flexibility index (Phi) is 8.50. The fourth-order valence-electron chi connectivity index (χ4n) is 1.57. The molecule has 0 saturated carbocycles. The molecule has 0 saturated heterocycles. The standard InChI is InChI=1S/C13H18BrIO2S/c1-2-3-4-5-8-17-12(16)7-6-10-9-11(15)18-13(10)14/h9H,2-8H2,1H3. The van der Waals surface area contributed by atoms with E-state index in [2.05, 4.69) is 51.5 Å². The molecule has 0 radical (unpaired) electrons. The van der Waals surface area contributed by atoms with Gasteiger partial charge in [0.2, 0.25) is 0 Å². The molecule has 0 aromatic carbocycles. The average Bonchev–Trinajstić information content (AvgIpc) is 2.65. The van der Waals surface area contributed by atoms with Crippen LogP contribution in [0.25, 0.3) is 0 Å². The zero-order chi connectivity index (χ0) is 13.4. The van der Waals surface area contributed by atoms with E-state index >= 15 is 0 Å². The van der Waals surface area contributed by atoms with Gasteiger partial charge in [-0.1, -0.05) is 26.2 Å². The van der Waals surface area contributed by atoms with E-state index in [1.165, 1.54) is 21.3 Å². The zero-order valence-corrected chi connectivity index (χ0v) is 15.1. The Morgan fingerprint density at radius 2 is 2.22 bits per heavy atom. The molecule has 0 atom stereocenters. The van der Waals surface area contributed by atoms with Gasteiger partial charge in [0.25, 0.3) is 0 Å². The Bertz CT molecular complexity index is 379. The van der Waals surface area contributed by atoms with Crippen LogP contribution in [0.5, 0.6) is 0 Å². The van der Waals surface area contributed by atoms with Gasteiger partial charge in [0.15, 0.2) is 0 Å². The van der Waals surface area contributed by atoms with Crippen LogP contribution in [0.3, 0.4) is 0 Å². The van der Waals surface area contributed by atoms with E-state index in [0.717, 1.165) is 23.0 Å². The molecule has 5 heteroatoms. The van der Waals surface area contributed by atoms with Gasteiger partial charge in [-0.05, 0) is 63.0 Å². The molecule has 0 bridgehead atoms. The Morgan fingerprint density at radius 1 is 1.44 bits per heavy atom. The third-order valence-electron chi connectivity index (χ3n) is 2.59. The summed E-state index contributed by atoms with van der Waals surface area (Å²) in [7, 11) is 0. The van der Waals surface area contributed by atoms with Crippen molar-refractivity contribution in [2.75, 3.05) is 6.61 Å². The van der Waals surface area contributed by atoms with Crippen LogP contribution in [0.4, 0.5) is 0 Å². The monoisotopic (exact) mass is 444 g/mol. The number of ether oxygens (including phenoxy) is 1. The number of rotatable bonds is 8. The van der Waals surface area contributed by atoms with Crippen molar-refractivity contribution in [3.05, 3.63) is 18.3 Å². The molecule has 0 aliphatic carbocycles. The van der Waals surface area contributed by atoms with Crippen LogP contribution in [0.1, 0.15) is 44.6 Å². The van der Waals surface area contributed by atoms with Gasteiger partial charge in [-0.25, -0.2) is 0 Å². The normalized spacial score (nSPS) is 10.6. The van der Waals surface area contributed by atoms with Gasteiger partial charge in [0.1, 0.15) is 0 Å². The molecule has 0 N–H and O–H groups in total. The molecule has 0 fully saturated rings. The molecule has 1 aromatic heterocycles. The van der Waals surface area contributed by atoms with Crippen LogP contribution in [0.15, 0.2) is 9.85 Å². The van der Waals surface area contributed by atoms with Crippen molar-refractivity contribution in [3.8, 4) is 0 Å². The van der Waals surface area contributed by atoms with Crippen molar-refractivity contribution in [3.63, 3.8) is 0 Å². The molecule has 1 rings (SSSR count). The van der Waals surface area contributed by atoms with Crippen molar-refractivity contribution in [1.29, 1.82) is 0 Å². The maximum Gasteiger partial charge on any atom is 0.306 e. The van der Waals surface area contributed by atoms with Gasteiger partial charge >= 0.3 is 5.97 Å². The van der Waals surface area contributed by atoms with E-state index in [4.69, 9.17) is 4.74 Å². The summed E-state index contributed by atoms with van der Waals surface area (Å²) in [6.45, 7) is 2.74. The topological polar surface area (TPSA) is 26.3 Å². The first-order valence-electron chi connectivity index (χ1n) is 6.22. The minimum absolute atomic E-state index is 0.0837. The Balaban J connectivity index is 2.15. The summed E-state index contributed by atoms with van der Waals surface area (Å²) in [6.07, 6.45) is 5.79. The number of unbranched alkanes of at least 4 members (excludes halogenated alkanes) is 3. The minimum atomic E-state index is -0.0837. The van der Waals surface area contributed by atoms with Crippen molar-refractivity contribution in [2.45, 2.75) is 45.4 Å². The molecule has 1 heterocycles. The molecule has 0 aliphatic heterocycles. The van der Waals surface area contributed by atoms with Crippen molar-refractivity contribution < 1.29 is 9.53 Å². The highest BCUT2D eigenvalue weighted by Crippen LogP contribution is 2.29. The molecule has 1 aromatic rings. The lowest BCUT2D eigenvalue weighted by molar-refractivity contribution is -0.143. The van der Waals surface area contributed by atoms with Gasteiger partial charge in [-0.2, -0.15) is 0 Å². The molecule has 18 heavy (non-hydrogen) atoms. The molecular formula is C13H18BrIO2S. The number of aryl methyl sites for hydroxylation is 1. The zero-order valence-electron chi connectivity index (χ0n) is 10.5. The van der Waals surface area contributed by atoms with E-state index in [-0.39, 0.29) is 5.97 Å². The van der Waals surface area contributed by atoms with Crippen LogP contribution < -0.4 is 0 Å². The maximum atomic E-state index is 11.5. The van der Waals surface area contributed by atoms with E-state index in [1.54, 1.807) is 11.3 Å². The summed E-state index contributed by atoms with van der Waals surface area (Å²) in [4.78, 5) is 11.5. The fraction of sp³-hybridized carbons (Fsp3) is 0.615. The molecule has 0 spiro atoms. The first-order valence-corrected chi connectivity index (χ1v) is 8.91. The van der Waals surface area contributed by atoms with Gasteiger partial charge in [-0.3, -0.25) is 4.79 Å². The summed E-state index contributed by atoms with van der Waals surface area (Å²) in [5.41, 5.74) is 1.20. The minimum Gasteiger partial charge on any atom is -0.466 e. The average molecular weight is 445 g/mol. The van der Waals surface area contributed by atoms with Gasteiger partial charge in [-0.15, -0.1) is 11.3 Å². The first kappa shape index (κ1) is 16.4. The highest BCUT2D eigenvalue weighted by atomic mass is 127. The Morgan fingerprint density at radius 3 is 2.83 bits per heavy atom. The largest absolute Gasteiger partial charge is 0.466 e. The van der Waals surface area contributed by atoms with Crippen LogP contribution >= 0.6 is 49.9 Å². The second kappa shape index (κ2) is 9.31. The summed E-state index contributed by atoms with van der Waals surface area (Å²) >= 11 is 7.50. The number of carbonyl (C=O) groups excluding carboxylic acids is 1. The first-order chi connectivity index (χ1) is 8.63. The van der Waals surface area contributed by atoms with Crippen LogP contribution in [-0.2, 0) is 16.0 Å². The summed E-state index contributed by atoms with van der Waals surface area (Å²) in [5.74, 6) is -0.0837. The second-order valence-electron chi connectivity index (χ2n) is 4.13. The van der Waals surface area contributed by atoms with Crippen molar-refractivity contribution in [1.82, 2.24) is 0 Å². The third-order valence-corrected chi connectivity index (χ3v) is 5.31. The van der Waals surface area contributed by atoms with E-state index in [9.17, 15) is 4.79 Å². The van der Waals surface area contributed by atoms with Crippen LogP contribution in [-0.4, -0.2) is 12.6 Å². The van der Waals surface area contributed by atoms with Gasteiger partial charge in [0.05, 0.1) is 13.3 Å². The van der Waals surface area contributed by atoms with E-state index in [0.29, 0.717) is 13.0 Å². The fourth-order valence-corrected chi connectivity index (χ4v) is 5.01. The number of carbonyl (C=O) groups is 1. The van der Waals surface area contributed by atoms with Gasteiger partial charge in [0, 0.05) is 6.42 Å². The highest BCUT2D eigenvalue weighted by molar-refractivity contribution is 14.1. The van der Waals surface area contributed by atoms with E-state index < -0.39 is 0 Å². The van der Waals surface area contributed by atoms with Crippen LogP contribution in [0.2, 0.25) is 0 Å². The second-order valence-corrected chi connectivity index (χ2v) is 8.39. The smallest absolute Gasteiger partial charge is 0.306 e. The highest BCUT2D eigenvalue weighted by Gasteiger charge is 2.08. The molecule has 0 aliphatic rings. The number of halogens is 2. The predicted octanol–water partition coefficient (Wildman–Crippen LogP) is 5.17. The number of esters is 1. The number of hydrogen-bond acceptors (Lipinski definition) is 3. The lowest BCUT2D eigenvalue weighted by Gasteiger charge is -2.04. The van der Waals surface area contributed by atoms with E-state index in [1.807, 2.05) is 0 Å². The number of thiophene rings is 1.